The van der Waals surface area contributed by atoms with Gasteiger partial charge in [-0.1, -0.05) is 0 Å². The topological polar surface area (TPSA) is 66.7 Å². The first-order valence-electron chi connectivity index (χ1n) is 6.16. The number of hydrogen-bond donors (Lipinski definition) is 3. The molecule has 0 spiro atoms. The van der Waals surface area contributed by atoms with Gasteiger partial charge >= 0.3 is 0 Å². The molecule has 0 atom stereocenters. The fourth-order valence-corrected chi connectivity index (χ4v) is 2.40. The van der Waals surface area contributed by atoms with Crippen molar-refractivity contribution in [1.82, 2.24) is 15.5 Å². The van der Waals surface area contributed by atoms with Crippen LogP contribution in [-0.4, -0.2) is 22.3 Å². The maximum Gasteiger partial charge on any atom is 0.0638 e. The average Bonchev–Trinajstić information content (AvgIpc) is 2.59. The summed E-state index contributed by atoms with van der Waals surface area (Å²) in [6.07, 6.45) is 4.72. The van der Waals surface area contributed by atoms with Crippen LogP contribution in [0.5, 0.6) is 0 Å². The van der Waals surface area contributed by atoms with Crippen LogP contribution in [-0.2, 0) is 6.54 Å². The molecule has 16 heavy (non-hydrogen) atoms. The van der Waals surface area contributed by atoms with Crippen molar-refractivity contribution in [3.05, 3.63) is 17.0 Å². The minimum absolute atomic E-state index is 0.426. The number of nitrogens with zero attached hydrogens (tertiary/aromatic N) is 1. The monoisotopic (exact) mass is 222 g/mol. The van der Waals surface area contributed by atoms with E-state index >= 15 is 0 Å². The van der Waals surface area contributed by atoms with Crippen LogP contribution >= 0.6 is 0 Å². The smallest absolute Gasteiger partial charge is 0.0638 e. The molecule has 0 aliphatic heterocycles. The van der Waals surface area contributed by atoms with E-state index in [0.717, 1.165) is 25.1 Å². The Kier molecular flexibility index (Phi) is 3.61. The van der Waals surface area contributed by atoms with Crippen LogP contribution in [0.4, 0.5) is 0 Å². The van der Waals surface area contributed by atoms with Gasteiger partial charge in [0, 0.05) is 29.9 Å². The number of rotatable bonds is 3. The lowest BCUT2D eigenvalue weighted by molar-refractivity contribution is 0.341. The normalized spacial score (nSPS) is 25.9. The quantitative estimate of drug-likeness (QED) is 0.724. The largest absolute Gasteiger partial charge is 0.328 e. The first kappa shape index (κ1) is 11.6. The Morgan fingerprint density at radius 3 is 2.56 bits per heavy atom. The van der Waals surface area contributed by atoms with E-state index in [1.807, 2.05) is 0 Å². The van der Waals surface area contributed by atoms with Gasteiger partial charge in [-0.05, 0) is 39.5 Å². The maximum absolute atomic E-state index is 5.89. The molecule has 1 saturated carbocycles. The Labute approximate surface area is 97.0 Å². The van der Waals surface area contributed by atoms with Crippen LogP contribution in [0.3, 0.4) is 0 Å². The predicted molar refractivity (Wildman–Crippen MR) is 65.1 cm³/mol. The molecular formula is C12H22N4. The molecule has 1 aliphatic carbocycles. The summed E-state index contributed by atoms with van der Waals surface area (Å²) >= 11 is 0. The number of nitrogens with two attached hydrogens (primary N) is 1. The molecule has 0 saturated heterocycles. The van der Waals surface area contributed by atoms with Gasteiger partial charge in [-0.15, -0.1) is 0 Å². The van der Waals surface area contributed by atoms with Crippen LogP contribution < -0.4 is 11.1 Å². The first-order valence-corrected chi connectivity index (χ1v) is 6.16. The van der Waals surface area contributed by atoms with E-state index in [9.17, 15) is 0 Å². The average molecular weight is 222 g/mol. The highest BCUT2D eigenvalue weighted by Gasteiger charge is 2.18. The van der Waals surface area contributed by atoms with Gasteiger partial charge in [0.25, 0.3) is 0 Å². The summed E-state index contributed by atoms with van der Waals surface area (Å²) in [5.74, 6) is 0. The van der Waals surface area contributed by atoms with E-state index in [1.165, 1.54) is 24.1 Å². The van der Waals surface area contributed by atoms with E-state index in [0.29, 0.717) is 12.1 Å². The second kappa shape index (κ2) is 4.97. The molecular weight excluding hydrogens is 200 g/mol. The zero-order valence-electron chi connectivity index (χ0n) is 10.2. The molecule has 0 unspecified atom stereocenters. The summed E-state index contributed by atoms with van der Waals surface area (Å²) in [7, 11) is 0. The van der Waals surface area contributed by atoms with Gasteiger partial charge in [0.2, 0.25) is 0 Å². The van der Waals surface area contributed by atoms with Gasteiger partial charge in [0.1, 0.15) is 0 Å². The summed E-state index contributed by atoms with van der Waals surface area (Å²) in [6.45, 7) is 5.05. The molecule has 0 bridgehead atoms. The molecule has 4 heteroatoms. The van der Waals surface area contributed by atoms with Crippen molar-refractivity contribution < 1.29 is 0 Å². The molecule has 1 heterocycles. The second-order valence-electron chi connectivity index (χ2n) is 4.91. The number of H-pyrrole nitrogens is 1. The molecule has 90 valence electrons. The highest BCUT2D eigenvalue weighted by Crippen LogP contribution is 2.18. The van der Waals surface area contributed by atoms with E-state index in [2.05, 4.69) is 29.4 Å². The molecule has 4 nitrogen and oxygen atoms in total. The minimum Gasteiger partial charge on any atom is -0.328 e. The van der Waals surface area contributed by atoms with Crippen LogP contribution in [0.2, 0.25) is 0 Å². The summed E-state index contributed by atoms with van der Waals surface area (Å²) in [4.78, 5) is 0. The number of aryl methyl sites for hydroxylation is 2. The highest BCUT2D eigenvalue weighted by molar-refractivity contribution is 5.22. The van der Waals surface area contributed by atoms with E-state index in [4.69, 9.17) is 5.73 Å². The SMILES string of the molecule is Cc1n[nH]c(C)c1CNC1CCC(N)CC1. The lowest BCUT2D eigenvalue weighted by Crippen LogP contribution is -2.37. The Bertz CT molecular complexity index is 317. The van der Waals surface area contributed by atoms with E-state index in [-0.39, 0.29) is 0 Å². The molecule has 0 amide bonds. The summed E-state index contributed by atoms with van der Waals surface area (Å²) in [6, 6.07) is 1.06. The van der Waals surface area contributed by atoms with Gasteiger partial charge in [-0.3, -0.25) is 5.10 Å². The third-order valence-electron chi connectivity index (χ3n) is 3.62. The molecule has 2 rings (SSSR count). The number of nitrogens with one attached hydrogen (secondary N) is 2. The van der Waals surface area contributed by atoms with Crippen LogP contribution in [0.15, 0.2) is 0 Å². The standard InChI is InChI=1S/C12H22N4/c1-8-12(9(2)16-15-8)7-14-11-5-3-10(13)4-6-11/h10-11,14H,3-7,13H2,1-2H3,(H,15,16). The lowest BCUT2D eigenvalue weighted by atomic mass is 9.91. The number of hydrogen-bond acceptors (Lipinski definition) is 3. The Hall–Kier alpha value is -0.870. The van der Waals surface area contributed by atoms with Crippen molar-refractivity contribution in [3.8, 4) is 0 Å². The first-order chi connectivity index (χ1) is 7.66. The molecule has 1 aromatic heterocycles. The molecule has 1 aliphatic rings. The summed E-state index contributed by atoms with van der Waals surface area (Å²) < 4.78 is 0. The third-order valence-corrected chi connectivity index (χ3v) is 3.62. The van der Waals surface area contributed by atoms with Crippen LogP contribution in [0.1, 0.15) is 42.6 Å². The fraction of sp³-hybridized carbons (Fsp3) is 0.750. The molecule has 1 aromatic rings. The molecule has 1 fully saturated rings. The number of aromatic amines is 1. The van der Waals surface area contributed by atoms with Crippen LogP contribution in [0, 0.1) is 13.8 Å². The van der Waals surface area contributed by atoms with Crippen molar-refractivity contribution in [3.63, 3.8) is 0 Å². The Morgan fingerprint density at radius 1 is 1.31 bits per heavy atom. The van der Waals surface area contributed by atoms with Crippen molar-refractivity contribution in [2.24, 2.45) is 5.73 Å². The Morgan fingerprint density at radius 2 is 2.00 bits per heavy atom. The van der Waals surface area contributed by atoms with Crippen molar-refractivity contribution in [2.75, 3.05) is 0 Å². The summed E-state index contributed by atoms with van der Waals surface area (Å²) in [5.41, 5.74) is 9.49. The van der Waals surface area contributed by atoms with E-state index < -0.39 is 0 Å². The molecule has 0 radical (unpaired) electrons. The van der Waals surface area contributed by atoms with Gasteiger partial charge < -0.3 is 11.1 Å². The summed E-state index contributed by atoms with van der Waals surface area (Å²) in [5, 5.41) is 10.8. The van der Waals surface area contributed by atoms with E-state index in [1.54, 1.807) is 0 Å². The zero-order chi connectivity index (χ0) is 11.5. The van der Waals surface area contributed by atoms with Crippen molar-refractivity contribution >= 4 is 0 Å². The second-order valence-corrected chi connectivity index (χ2v) is 4.91. The van der Waals surface area contributed by atoms with Gasteiger partial charge in [0.15, 0.2) is 0 Å². The fourth-order valence-electron chi connectivity index (χ4n) is 2.40. The maximum atomic E-state index is 5.89. The Balaban J connectivity index is 1.83. The van der Waals surface area contributed by atoms with Gasteiger partial charge in [-0.2, -0.15) is 5.10 Å². The van der Waals surface area contributed by atoms with Crippen LogP contribution in [0.25, 0.3) is 0 Å². The van der Waals surface area contributed by atoms with Crippen molar-refractivity contribution in [2.45, 2.75) is 58.2 Å². The zero-order valence-corrected chi connectivity index (χ0v) is 10.2. The third kappa shape index (κ3) is 2.62. The predicted octanol–water partition coefficient (Wildman–Crippen LogP) is 1.39. The van der Waals surface area contributed by atoms with Crippen molar-refractivity contribution in [1.29, 1.82) is 0 Å². The highest BCUT2D eigenvalue weighted by atomic mass is 15.1. The minimum atomic E-state index is 0.426. The molecule has 0 aromatic carbocycles. The van der Waals surface area contributed by atoms with Gasteiger partial charge in [-0.25, -0.2) is 0 Å². The molecule has 4 N–H and O–H groups in total. The lowest BCUT2D eigenvalue weighted by Gasteiger charge is -2.27. The number of aromatic nitrogens is 2. The van der Waals surface area contributed by atoms with Gasteiger partial charge in [0.05, 0.1) is 5.69 Å².